The fourth-order valence-corrected chi connectivity index (χ4v) is 2.31. The first-order valence-electron chi connectivity index (χ1n) is 7.56. The lowest BCUT2D eigenvalue weighted by Crippen LogP contribution is -2.26. The van der Waals surface area contributed by atoms with Gasteiger partial charge in [0.2, 0.25) is 11.7 Å². The van der Waals surface area contributed by atoms with Gasteiger partial charge in [-0.15, -0.1) is 0 Å². The minimum absolute atomic E-state index is 0.151. The maximum Gasteiger partial charge on any atom is 0.251 e. The highest BCUT2D eigenvalue weighted by Gasteiger charge is 2.13. The fraction of sp³-hybridized carbons (Fsp3) is 0.167. The molecule has 0 aliphatic carbocycles. The molecule has 3 rings (SSSR count). The van der Waals surface area contributed by atoms with Gasteiger partial charge in [-0.1, -0.05) is 35.5 Å². The SMILES string of the molecule is Cc1ccccc1C(=O)NCCc1nc(-c2ccccc2F)no1. The normalized spacial score (nSPS) is 10.6. The first-order valence-corrected chi connectivity index (χ1v) is 7.56. The highest BCUT2D eigenvalue weighted by Crippen LogP contribution is 2.19. The molecular formula is C18H16FN3O2. The summed E-state index contributed by atoms with van der Waals surface area (Å²) in [6, 6.07) is 13.6. The van der Waals surface area contributed by atoms with Crippen LogP contribution in [-0.4, -0.2) is 22.6 Å². The Kier molecular flexibility index (Phi) is 4.65. The number of carbonyl (C=O) groups excluding carboxylic acids is 1. The van der Waals surface area contributed by atoms with E-state index < -0.39 is 5.82 Å². The van der Waals surface area contributed by atoms with Crippen LogP contribution >= 0.6 is 0 Å². The van der Waals surface area contributed by atoms with E-state index in [4.69, 9.17) is 4.52 Å². The number of rotatable bonds is 5. The number of aromatic nitrogens is 2. The maximum atomic E-state index is 13.7. The zero-order valence-electron chi connectivity index (χ0n) is 13.1. The second-order valence-electron chi connectivity index (χ2n) is 5.31. The van der Waals surface area contributed by atoms with Crippen molar-refractivity contribution in [3.63, 3.8) is 0 Å². The Hall–Kier alpha value is -3.02. The van der Waals surface area contributed by atoms with Crippen LogP contribution in [0.1, 0.15) is 21.8 Å². The monoisotopic (exact) mass is 325 g/mol. The van der Waals surface area contributed by atoms with Crippen molar-refractivity contribution in [1.82, 2.24) is 15.5 Å². The zero-order chi connectivity index (χ0) is 16.9. The van der Waals surface area contributed by atoms with Crippen LogP contribution in [0.25, 0.3) is 11.4 Å². The van der Waals surface area contributed by atoms with Gasteiger partial charge in [0.25, 0.3) is 5.91 Å². The second kappa shape index (κ2) is 7.04. The molecule has 122 valence electrons. The summed E-state index contributed by atoms with van der Waals surface area (Å²) in [7, 11) is 0. The van der Waals surface area contributed by atoms with Crippen molar-refractivity contribution >= 4 is 5.91 Å². The van der Waals surface area contributed by atoms with Crippen LogP contribution in [0, 0.1) is 12.7 Å². The third kappa shape index (κ3) is 3.48. The molecule has 1 heterocycles. The molecule has 24 heavy (non-hydrogen) atoms. The van der Waals surface area contributed by atoms with Gasteiger partial charge in [0.15, 0.2) is 0 Å². The lowest BCUT2D eigenvalue weighted by molar-refractivity contribution is 0.0953. The molecule has 5 nitrogen and oxygen atoms in total. The summed E-state index contributed by atoms with van der Waals surface area (Å²) >= 11 is 0. The third-order valence-corrected chi connectivity index (χ3v) is 3.60. The van der Waals surface area contributed by atoms with Crippen LogP contribution in [0.2, 0.25) is 0 Å². The number of halogens is 1. The molecule has 3 aromatic rings. The van der Waals surface area contributed by atoms with E-state index in [9.17, 15) is 9.18 Å². The van der Waals surface area contributed by atoms with Crippen molar-refractivity contribution in [3.8, 4) is 11.4 Å². The molecule has 0 saturated carbocycles. The van der Waals surface area contributed by atoms with E-state index in [0.29, 0.717) is 24.4 Å². The predicted octanol–water partition coefficient (Wildman–Crippen LogP) is 3.16. The van der Waals surface area contributed by atoms with Gasteiger partial charge in [0, 0.05) is 18.5 Å². The highest BCUT2D eigenvalue weighted by molar-refractivity contribution is 5.95. The van der Waals surface area contributed by atoms with Gasteiger partial charge in [-0.25, -0.2) is 4.39 Å². The minimum Gasteiger partial charge on any atom is -0.352 e. The molecule has 1 N–H and O–H groups in total. The van der Waals surface area contributed by atoms with Gasteiger partial charge >= 0.3 is 0 Å². The van der Waals surface area contributed by atoms with E-state index in [-0.39, 0.29) is 17.3 Å². The van der Waals surface area contributed by atoms with E-state index in [1.807, 2.05) is 25.1 Å². The van der Waals surface area contributed by atoms with Crippen molar-refractivity contribution in [2.75, 3.05) is 6.54 Å². The van der Waals surface area contributed by atoms with Gasteiger partial charge in [-0.05, 0) is 30.7 Å². The molecule has 0 atom stereocenters. The lowest BCUT2D eigenvalue weighted by atomic mass is 10.1. The van der Waals surface area contributed by atoms with Crippen molar-refractivity contribution in [2.45, 2.75) is 13.3 Å². The molecular weight excluding hydrogens is 309 g/mol. The molecule has 0 unspecified atom stereocenters. The Morgan fingerprint density at radius 2 is 1.92 bits per heavy atom. The van der Waals surface area contributed by atoms with E-state index in [1.165, 1.54) is 6.07 Å². The molecule has 1 amide bonds. The first kappa shape index (κ1) is 15.9. The number of aryl methyl sites for hydroxylation is 1. The summed E-state index contributed by atoms with van der Waals surface area (Å²) in [5, 5.41) is 6.59. The largest absolute Gasteiger partial charge is 0.352 e. The summed E-state index contributed by atoms with van der Waals surface area (Å²) < 4.78 is 18.8. The van der Waals surface area contributed by atoms with Gasteiger partial charge in [-0.2, -0.15) is 4.98 Å². The van der Waals surface area contributed by atoms with Crippen molar-refractivity contribution < 1.29 is 13.7 Å². The average Bonchev–Trinajstić information content (AvgIpc) is 3.04. The van der Waals surface area contributed by atoms with Crippen LogP contribution in [0.4, 0.5) is 4.39 Å². The molecule has 1 aromatic heterocycles. The third-order valence-electron chi connectivity index (χ3n) is 3.60. The van der Waals surface area contributed by atoms with E-state index in [2.05, 4.69) is 15.5 Å². The summed E-state index contributed by atoms with van der Waals surface area (Å²) in [5.41, 5.74) is 1.83. The maximum absolute atomic E-state index is 13.7. The number of benzene rings is 2. The van der Waals surface area contributed by atoms with E-state index in [0.717, 1.165) is 5.56 Å². The Labute approximate surface area is 138 Å². The number of amides is 1. The molecule has 0 bridgehead atoms. The van der Waals surface area contributed by atoms with Crippen molar-refractivity contribution in [3.05, 3.63) is 71.4 Å². The molecule has 0 aliphatic rings. The summed E-state index contributed by atoms with van der Waals surface area (Å²) in [4.78, 5) is 16.3. The Balaban J connectivity index is 1.59. The summed E-state index contributed by atoms with van der Waals surface area (Å²) in [6.07, 6.45) is 0.374. The van der Waals surface area contributed by atoms with Crippen LogP contribution in [0.15, 0.2) is 53.1 Å². The number of carbonyl (C=O) groups is 1. The average molecular weight is 325 g/mol. The Morgan fingerprint density at radius 1 is 1.17 bits per heavy atom. The Bertz CT molecular complexity index is 861. The lowest BCUT2D eigenvalue weighted by Gasteiger charge is -2.05. The molecule has 6 heteroatoms. The fourth-order valence-electron chi connectivity index (χ4n) is 2.31. The van der Waals surface area contributed by atoms with Gasteiger partial charge < -0.3 is 9.84 Å². The van der Waals surface area contributed by atoms with Crippen molar-refractivity contribution in [1.29, 1.82) is 0 Å². The van der Waals surface area contributed by atoms with Gasteiger partial charge in [0.1, 0.15) is 5.82 Å². The van der Waals surface area contributed by atoms with Gasteiger partial charge in [0.05, 0.1) is 5.56 Å². The molecule has 0 spiro atoms. The predicted molar refractivity (Wildman–Crippen MR) is 86.9 cm³/mol. The minimum atomic E-state index is -0.405. The topological polar surface area (TPSA) is 68.0 Å². The quantitative estimate of drug-likeness (QED) is 0.782. The molecule has 0 radical (unpaired) electrons. The standard InChI is InChI=1S/C18H16FN3O2/c1-12-6-2-3-7-13(12)18(23)20-11-10-16-21-17(22-24-16)14-8-4-5-9-15(14)19/h2-9H,10-11H2,1H3,(H,20,23). The van der Waals surface area contributed by atoms with E-state index >= 15 is 0 Å². The zero-order valence-corrected chi connectivity index (χ0v) is 13.1. The second-order valence-corrected chi connectivity index (χ2v) is 5.31. The van der Waals surface area contributed by atoms with E-state index in [1.54, 1.807) is 24.3 Å². The number of hydrogen-bond acceptors (Lipinski definition) is 4. The Morgan fingerprint density at radius 3 is 2.71 bits per heavy atom. The van der Waals surface area contributed by atoms with Crippen LogP contribution in [0.3, 0.4) is 0 Å². The molecule has 2 aromatic carbocycles. The molecule has 0 saturated heterocycles. The van der Waals surface area contributed by atoms with Crippen molar-refractivity contribution in [2.24, 2.45) is 0 Å². The number of nitrogens with zero attached hydrogens (tertiary/aromatic N) is 2. The first-order chi connectivity index (χ1) is 11.6. The van der Waals surface area contributed by atoms with Gasteiger partial charge in [-0.3, -0.25) is 4.79 Å². The van der Waals surface area contributed by atoms with Crippen LogP contribution < -0.4 is 5.32 Å². The number of nitrogens with one attached hydrogen (secondary N) is 1. The molecule has 0 fully saturated rings. The smallest absolute Gasteiger partial charge is 0.251 e. The summed E-state index contributed by atoms with van der Waals surface area (Å²) in [6.45, 7) is 2.24. The van der Waals surface area contributed by atoms with Crippen LogP contribution in [0.5, 0.6) is 0 Å². The van der Waals surface area contributed by atoms with Crippen LogP contribution in [-0.2, 0) is 6.42 Å². The molecule has 0 aliphatic heterocycles. The summed E-state index contributed by atoms with van der Waals surface area (Å²) in [5.74, 6) is -0.00804. The highest BCUT2D eigenvalue weighted by atomic mass is 19.1. The number of hydrogen-bond donors (Lipinski definition) is 1.